The highest BCUT2D eigenvalue weighted by atomic mass is 35.5. The van der Waals surface area contributed by atoms with Crippen LogP contribution in [0.15, 0.2) is 16.7 Å². The summed E-state index contributed by atoms with van der Waals surface area (Å²) in [5.74, 6) is -0.878. The minimum absolute atomic E-state index is 0.196. The molecule has 1 atom stereocenters. The third kappa shape index (κ3) is 4.23. The molecule has 2 N–H and O–H groups in total. The molecule has 2 aromatic rings. The predicted molar refractivity (Wildman–Crippen MR) is 112 cm³/mol. The summed E-state index contributed by atoms with van der Waals surface area (Å²) in [6.45, 7) is 7.40. The maximum atomic E-state index is 12.9. The number of rotatable bonds is 5. The molecular weight excluding hydrogens is 429 g/mol. The van der Waals surface area contributed by atoms with E-state index in [0.29, 0.717) is 39.0 Å². The number of piperidine rings is 1. The van der Waals surface area contributed by atoms with Gasteiger partial charge in [-0.1, -0.05) is 28.4 Å². The molecule has 1 aromatic carbocycles. The lowest BCUT2D eigenvalue weighted by Crippen LogP contribution is -2.40. The van der Waals surface area contributed by atoms with Gasteiger partial charge in [0, 0.05) is 34.1 Å². The lowest BCUT2D eigenvalue weighted by atomic mass is 9.82. The summed E-state index contributed by atoms with van der Waals surface area (Å²) >= 11 is 12.8. The van der Waals surface area contributed by atoms with E-state index in [1.165, 1.54) is 0 Å². The normalized spacial score (nSPS) is 17.1. The molecule has 7 nitrogen and oxygen atoms in total. The largest absolute Gasteiger partial charge is 0.361 e. The Morgan fingerprint density at radius 1 is 1.27 bits per heavy atom. The van der Waals surface area contributed by atoms with Crippen molar-refractivity contribution in [2.75, 3.05) is 0 Å². The van der Waals surface area contributed by atoms with E-state index in [0.717, 1.165) is 5.56 Å². The highest BCUT2D eigenvalue weighted by Crippen LogP contribution is 2.37. The van der Waals surface area contributed by atoms with E-state index in [-0.39, 0.29) is 24.8 Å². The van der Waals surface area contributed by atoms with Crippen LogP contribution in [0.25, 0.3) is 0 Å². The van der Waals surface area contributed by atoms with Crippen molar-refractivity contribution in [3.8, 4) is 0 Å². The number of halogens is 2. The number of aromatic nitrogens is 1. The van der Waals surface area contributed by atoms with Crippen LogP contribution >= 0.6 is 23.2 Å². The molecule has 0 spiro atoms. The summed E-state index contributed by atoms with van der Waals surface area (Å²) in [5.41, 5.74) is 1.78. The molecule has 3 amide bonds. The molecule has 2 heterocycles. The van der Waals surface area contributed by atoms with Gasteiger partial charge in [0.1, 0.15) is 5.76 Å². The van der Waals surface area contributed by atoms with E-state index >= 15 is 0 Å². The lowest BCUT2D eigenvalue weighted by molar-refractivity contribution is -0.134. The van der Waals surface area contributed by atoms with Gasteiger partial charge in [-0.3, -0.25) is 19.7 Å². The van der Waals surface area contributed by atoms with Crippen LogP contribution in [0.1, 0.15) is 60.8 Å². The SMILES string of the molecule is Cc1noc(C)c1C(C)(C)C(=O)NCc1cc(Cl)c(C2CCC(=O)NC2=O)c(Cl)c1. The van der Waals surface area contributed by atoms with Crippen LogP contribution in [0, 0.1) is 13.8 Å². The average molecular weight is 452 g/mol. The van der Waals surface area contributed by atoms with E-state index in [2.05, 4.69) is 15.8 Å². The first-order chi connectivity index (χ1) is 14.0. The first-order valence-electron chi connectivity index (χ1n) is 9.55. The maximum Gasteiger partial charge on any atom is 0.234 e. The Hall–Kier alpha value is -2.38. The van der Waals surface area contributed by atoms with E-state index in [9.17, 15) is 14.4 Å². The molecule has 0 bridgehead atoms. The van der Waals surface area contributed by atoms with Gasteiger partial charge < -0.3 is 9.84 Å². The quantitative estimate of drug-likeness (QED) is 0.674. The van der Waals surface area contributed by atoms with E-state index in [1.54, 1.807) is 39.8 Å². The highest BCUT2D eigenvalue weighted by molar-refractivity contribution is 6.36. The number of hydrogen-bond donors (Lipinski definition) is 2. The molecule has 0 saturated carbocycles. The molecule has 0 radical (unpaired) electrons. The molecule has 1 aliphatic rings. The molecule has 1 saturated heterocycles. The van der Waals surface area contributed by atoms with Crippen LogP contribution in [-0.2, 0) is 26.3 Å². The fourth-order valence-corrected chi connectivity index (χ4v) is 4.73. The maximum absolute atomic E-state index is 12.9. The summed E-state index contributed by atoms with van der Waals surface area (Å²) < 4.78 is 5.19. The fraction of sp³-hybridized carbons (Fsp3) is 0.429. The van der Waals surface area contributed by atoms with Crippen molar-refractivity contribution in [3.63, 3.8) is 0 Å². The third-order valence-electron chi connectivity index (χ3n) is 5.41. The zero-order valence-electron chi connectivity index (χ0n) is 17.2. The second kappa shape index (κ2) is 8.40. The van der Waals surface area contributed by atoms with E-state index in [4.69, 9.17) is 27.7 Å². The molecule has 1 aromatic heterocycles. The second-order valence-corrected chi connectivity index (χ2v) is 8.80. The van der Waals surface area contributed by atoms with Gasteiger partial charge in [0.15, 0.2) is 0 Å². The number of amides is 3. The molecule has 30 heavy (non-hydrogen) atoms. The molecule has 9 heteroatoms. The Balaban J connectivity index is 1.76. The average Bonchev–Trinajstić information content (AvgIpc) is 2.99. The Labute approximate surface area is 184 Å². The fourth-order valence-electron chi connectivity index (χ4n) is 3.93. The monoisotopic (exact) mass is 451 g/mol. The summed E-state index contributed by atoms with van der Waals surface area (Å²) in [6, 6.07) is 3.35. The standard InChI is InChI=1S/C21H23Cl2N3O4/c1-10-18(11(2)30-26-10)21(3,4)20(29)24-9-12-7-14(22)17(15(23)8-12)13-5-6-16(27)25-19(13)28/h7-8,13H,5-6,9H2,1-4H3,(H,24,29)(H,25,27,28). The van der Waals surface area contributed by atoms with E-state index < -0.39 is 17.2 Å². The van der Waals surface area contributed by atoms with Crippen molar-refractivity contribution in [3.05, 3.63) is 50.3 Å². The van der Waals surface area contributed by atoms with Crippen molar-refractivity contribution in [2.24, 2.45) is 0 Å². The van der Waals surface area contributed by atoms with Crippen molar-refractivity contribution < 1.29 is 18.9 Å². The Morgan fingerprint density at radius 3 is 2.43 bits per heavy atom. The van der Waals surface area contributed by atoms with Crippen molar-refractivity contribution in [1.29, 1.82) is 0 Å². The number of imide groups is 1. The number of nitrogens with one attached hydrogen (secondary N) is 2. The summed E-state index contributed by atoms with van der Waals surface area (Å²) in [6.07, 6.45) is 0.587. The minimum Gasteiger partial charge on any atom is -0.361 e. The molecule has 1 fully saturated rings. The van der Waals surface area contributed by atoms with Crippen LogP contribution in [-0.4, -0.2) is 22.9 Å². The van der Waals surface area contributed by atoms with Crippen molar-refractivity contribution in [2.45, 2.75) is 58.4 Å². The molecule has 1 unspecified atom stereocenters. The smallest absolute Gasteiger partial charge is 0.234 e. The van der Waals surface area contributed by atoms with Crippen molar-refractivity contribution >= 4 is 40.9 Å². The number of aryl methyl sites for hydroxylation is 2. The van der Waals surface area contributed by atoms with Gasteiger partial charge in [-0.25, -0.2) is 0 Å². The molecule has 3 rings (SSSR count). The number of nitrogens with zero attached hydrogens (tertiary/aromatic N) is 1. The Kier molecular flexibility index (Phi) is 6.24. The number of carbonyl (C=O) groups is 3. The molecule has 160 valence electrons. The molecule has 1 aliphatic heterocycles. The van der Waals surface area contributed by atoms with Gasteiger partial charge in [0.2, 0.25) is 17.7 Å². The highest BCUT2D eigenvalue weighted by Gasteiger charge is 2.35. The van der Waals surface area contributed by atoms with E-state index in [1.807, 2.05) is 0 Å². The van der Waals surface area contributed by atoms with Gasteiger partial charge >= 0.3 is 0 Å². The van der Waals surface area contributed by atoms with Crippen LogP contribution in [0.3, 0.4) is 0 Å². The van der Waals surface area contributed by atoms with Gasteiger partial charge in [0.25, 0.3) is 0 Å². The second-order valence-electron chi connectivity index (χ2n) is 7.98. The molecular formula is C21H23Cl2N3O4. The van der Waals surface area contributed by atoms with Gasteiger partial charge in [-0.05, 0) is 51.8 Å². The topological polar surface area (TPSA) is 101 Å². The first kappa shape index (κ1) is 22.3. The van der Waals surface area contributed by atoms with Crippen molar-refractivity contribution in [1.82, 2.24) is 15.8 Å². The lowest BCUT2D eigenvalue weighted by Gasteiger charge is -2.25. The van der Waals surface area contributed by atoms with Gasteiger partial charge in [0.05, 0.1) is 17.0 Å². The number of benzene rings is 1. The first-order valence-corrected chi connectivity index (χ1v) is 10.3. The van der Waals surface area contributed by atoms with Gasteiger partial charge in [-0.2, -0.15) is 0 Å². The van der Waals surface area contributed by atoms with Crippen LogP contribution in [0.2, 0.25) is 10.0 Å². The summed E-state index contributed by atoms with van der Waals surface area (Å²) in [5, 5.41) is 9.79. The van der Waals surface area contributed by atoms with Crippen LogP contribution in [0.5, 0.6) is 0 Å². The predicted octanol–water partition coefficient (Wildman–Crippen LogP) is 3.71. The number of carbonyl (C=O) groups excluding carboxylic acids is 3. The minimum atomic E-state index is -0.839. The molecule has 0 aliphatic carbocycles. The third-order valence-corrected chi connectivity index (χ3v) is 6.03. The zero-order chi connectivity index (χ0) is 22.2. The van der Waals surface area contributed by atoms with Gasteiger partial charge in [-0.15, -0.1) is 0 Å². The summed E-state index contributed by atoms with van der Waals surface area (Å²) in [4.78, 5) is 36.4. The number of hydrogen-bond acceptors (Lipinski definition) is 5. The summed E-state index contributed by atoms with van der Waals surface area (Å²) in [7, 11) is 0. The Bertz CT molecular complexity index is 987. The van der Waals surface area contributed by atoms with Crippen LogP contribution < -0.4 is 10.6 Å². The van der Waals surface area contributed by atoms with Crippen LogP contribution in [0.4, 0.5) is 0 Å². The Morgan fingerprint density at radius 2 is 1.90 bits per heavy atom. The zero-order valence-corrected chi connectivity index (χ0v) is 18.7.